The minimum atomic E-state index is -0.241. The largest absolute Gasteiger partial charge is 0.456 e. The number of furan rings is 1. The molecule has 2 aliphatic heterocycles. The van der Waals surface area contributed by atoms with Crippen LogP contribution < -0.4 is 0 Å². The van der Waals surface area contributed by atoms with E-state index in [0.717, 1.165) is 18.6 Å². The fourth-order valence-corrected chi connectivity index (χ4v) is 3.16. The molecule has 1 aromatic heterocycles. The second-order valence-corrected chi connectivity index (χ2v) is 5.13. The Morgan fingerprint density at radius 1 is 1.35 bits per heavy atom. The molecule has 2 bridgehead atoms. The Labute approximate surface area is 100 Å². The first-order chi connectivity index (χ1) is 8.15. The van der Waals surface area contributed by atoms with Gasteiger partial charge in [-0.2, -0.15) is 0 Å². The van der Waals surface area contributed by atoms with E-state index in [1.54, 1.807) is 6.07 Å². The van der Waals surface area contributed by atoms with Gasteiger partial charge in [0.15, 0.2) is 5.76 Å². The van der Waals surface area contributed by atoms with Crippen LogP contribution in [0.5, 0.6) is 0 Å². The molecule has 3 rings (SSSR count). The van der Waals surface area contributed by atoms with Crippen molar-refractivity contribution in [2.24, 2.45) is 0 Å². The SMILES string of the molecule is Cc1ccc(C(=O)N2C3CCC2CC(O)C3)o1. The third-order valence-corrected chi connectivity index (χ3v) is 3.89. The summed E-state index contributed by atoms with van der Waals surface area (Å²) in [5.74, 6) is 1.17. The molecule has 0 aromatic carbocycles. The molecule has 3 heterocycles. The monoisotopic (exact) mass is 235 g/mol. The molecule has 0 radical (unpaired) electrons. The molecule has 2 aliphatic rings. The van der Waals surface area contributed by atoms with Crippen molar-refractivity contribution < 1.29 is 14.3 Å². The summed E-state index contributed by atoms with van der Waals surface area (Å²) in [4.78, 5) is 14.3. The highest BCUT2D eigenvalue weighted by molar-refractivity contribution is 5.92. The number of aliphatic hydroxyl groups excluding tert-OH is 1. The van der Waals surface area contributed by atoms with Crippen molar-refractivity contribution in [3.63, 3.8) is 0 Å². The summed E-state index contributed by atoms with van der Waals surface area (Å²) in [6.07, 6.45) is 3.19. The lowest BCUT2D eigenvalue weighted by Crippen LogP contribution is -2.47. The quantitative estimate of drug-likeness (QED) is 0.806. The zero-order valence-electron chi connectivity index (χ0n) is 9.93. The number of hydrogen-bond acceptors (Lipinski definition) is 3. The standard InChI is InChI=1S/C13H17NO3/c1-8-2-5-12(17-8)13(16)14-9-3-4-10(14)7-11(15)6-9/h2,5,9-11,15H,3-4,6-7H2,1H3. The molecular formula is C13H17NO3. The number of rotatable bonds is 1. The molecule has 4 nitrogen and oxygen atoms in total. The minimum Gasteiger partial charge on any atom is -0.456 e. The summed E-state index contributed by atoms with van der Waals surface area (Å²) in [5.41, 5.74) is 0. The third kappa shape index (κ3) is 1.76. The average Bonchev–Trinajstić information content (AvgIpc) is 2.81. The highest BCUT2D eigenvalue weighted by Gasteiger charge is 2.43. The van der Waals surface area contributed by atoms with Crippen LogP contribution in [0, 0.1) is 6.92 Å². The van der Waals surface area contributed by atoms with Gasteiger partial charge in [-0.1, -0.05) is 0 Å². The van der Waals surface area contributed by atoms with Crippen molar-refractivity contribution in [1.82, 2.24) is 4.90 Å². The van der Waals surface area contributed by atoms with Crippen molar-refractivity contribution >= 4 is 5.91 Å². The highest BCUT2D eigenvalue weighted by Crippen LogP contribution is 2.36. The van der Waals surface area contributed by atoms with E-state index in [9.17, 15) is 9.90 Å². The number of aliphatic hydroxyl groups is 1. The normalized spacial score (nSPS) is 31.9. The Balaban J connectivity index is 1.83. The second-order valence-electron chi connectivity index (χ2n) is 5.13. The lowest BCUT2D eigenvalue weighted by atomic mass is 9.99. The number of amides is 1. The van der Waals surface area contributed by atoms with Crippen LogP contribution in [0.25, 0.3) is 0 Å². The van der Waals surface area contributed by atoms with Crippen LogP contribution in [0.15, 0.2) is 16.5 Å². The van der Waals surface area contributed by atoms with Gasteiger partial charge in [0.2, 0.25) is 0 Å². The van der Waals surface area contributed by atoms with Gasteiger partial charge < -0.3 is 14.4 Å². The fraction of sp³-hybridized carbons (Fsp3) is 0.615. The van der Waals surface area contributed by atoms with Gasteiger partial charge in [-0.05, 0) is 44.7 Å². The van der Waals surface area contributed by atoms with Crippen LogP contribution in [0.4, 0.5) is 0 Å². The smallest absolute Gasteiger partial charge is 0.290 e. The number of carbonyl (C=O) groups is 1. The van der Waals surface area contributed by atoms with E-state index >= 15 is 0 Å². The summed E-state index contributed by atoms with van der Waals surface area (Å²) in [5, 5.41) is 9.70. The van der Waals surface area contributed by atoms with Crippen LogP contribution in [0.3, 0.4) is 0 Å². The maximum Gasteiger partial charge on any atom is 0.290 e. The van der Waals surface area contributed by atoms with Crippen LogP contribution in [0.2, 0.25) is 0 Å². The van der Waals surface area contributed by atoms with Crippen LogP contribution >= 0.6 is 0 Å². The van der Waals surface area contributed by atoms with E-state index in [-0.39, 0.29) is 24.1 Å². The topological polar surface area (TPSA) is 53.7 Å². The Bertz CT molecular complexity index is 426. The Kier molecular flexibility index (Phi) is 2.47. The Morgan fingerprint density at radius 2 is 2.00 bits per heavy atom. The molecule has 2 saturated heterocycles. The lowest BCUT2D eigenvalue weighted by Gasteiger charge is -2.36. The summed E-state index contributed by atoms with van der Waals surface area (Å²) in [7, 11) is 0. The highest BCUT2D eigenvalue weighted by atomic mass is 16.3. The number of carbonyl (C=O) groups excluding carboxylic acids is 1. The fourth-order valence-electron chi connectivity index (χ4n) is 3.16. The molecule has 2 fully saturated rings. The molecule has 1 N–H and O–H groups in total. The van der Waals surface area contributed by atoms with E-state index in [1.807, 2.05) is 17.9 Å². The van der Waals surface area contributed by atoms with Crippen LogP contribution in [-0.2, 0) is 0 Å². The number of piperidine rings is 1. The summed E-state index contributed by atoms with van der Waals surface area (Å²) >= 11 is 0. The molecule has 0 spiro atoms. The predicted octanol–water partition coefficient (Wildman–Crippen LogP) is 1.72. The maximum atomic E-state index is 12.3. The van der Waals surface area contributed by atoms with Gasteiger partial charge in [-0.15, -0.1) is 0 Å². The molecule has 1 amide bonds. The molecule has 2 unspecified atom stereocenters. The lowest BCUT2D eigenvalue weighted by molar-refractivity contribution is 0.0263. The van der Waals surface area contributed by atoms with Crippen LogP contribution in [0.1, 0.15) is 42.0 Å². The molecule has 0 aliphatic carbocycles. The number of aryl methyl sites for hydroxylation is 1. The third-order valence-electron chi connectivity index (χ3n) is 3.89. The van der Waals surface area contributed by atoms with Crippen molar-refractivity contribution in [2.75, 3.05) is 0 Å². The molecular weight excluding hydrogens is 218 g/mol. The first kappa shape index (κ1) is 10.8. The number of fused-ring (bicyclic) bond motifs is 2. The van der Waals surface area contributed by atoms with E-state index in [0.29, 0.717) is 18.6 Å². The minimum absolute atomic E-state index is 0.0162. The Morgan fingerprint density at radius 3 is 2.53 bits per heavy atom. The maximum absolute atomic E-state index is 12.3. The van der Waals surface area contributed by atoms with E-state index < -0.39 is 0 Å². The zero-order valence-corrected chi connectivity index (χ0v) is 9.93. The summed E-state index contributed by atoms with van der Waals surface area (Å²) in [6, 6.07) is 3.94. The summed E-state index contributed by atoms with van der Waals surface area (Å²) < 4.78 is 5.40. The van der Waals surface area contributed by atoms with Crippen molar-refractivity contribution in [1.29, 1.82) is 0 Å². The van der Waals surface area contributed by atoms with Gasteiger partial charge in [0.25, 0.3) is 5.91 Å². The van der Waals surface area contributed by atoms with Gasteiger partial charge in [0.1, 0.15) is 5.76 Å². The summed E-state index contributed by atoms with van der Waals surface area (Å²) in [6.45, 7) is 1.84. The van der Waals surface area contributed by atoms with Gasteiger partial charge in [-0.25, -0.2) is 0 Å². The second kappa shape index (κ2) is 3.88. The van der Waals surface area contributed by atoms with Crippen LogP contribution in [-0.4, -0.2) is 34.1 Å². The first-order valence-corrected chi connectivity index (χ1v) is 6.22. The predicted molar refractivity (Wildman–Crippen MR) is 61.7 cm³/mol. The molecule has 1 aromatic rings. The molecule has 92 valence electrons. The van der Waals surface area contributed by atoms with Crippen molar-refractivity contribution in [3.05, 3.63) is 23.7 Å². The van der Waals surface area contributed by atoms with E-state index in [4.69, 9.17) is 4.42 Å². The average molecular weight is 235 g/mol. The molecule has 4 heteroatoms. The van der Waals surface area contributed by atoms with Gasteiger partial charge in [-0.3, -0.25) is 4.79 Å². The van der Waals surface area contributed by atoms with Gasteiger partial charge in [0.05, 0.1) is 6.10 Å². The van der Waals surface area contributed by atoms with Gasteiger partial charge in [0, 0.05) is 12.1 Å². The molecule has 0 saturated carbocycles. The number of nitrogens with zero attached hydrogens (tertiary/aromatic N) is 1. The van der Waals surface area contributed by atoms with Crippen molar-refractivity contribution in [2.45, 2.75) is 50.8 Å². The Hall–Kier alpha value is -1.29. The molecule has 17 heavy (non-hydrogen) atoms. The van der Waals surface area contributed by atoms with E-state index in [2.05, 4.69) is 0 Å². The molecule has 2 atom stereocenters. The number of hydrogen-bond donors (Lipinski definition) is 1. The van der Waals surface area contributed by atoms with E-state index in [1.165, 1.54) is 0 Å². The zero-order chi connectivity index (χ0) is 12.0. The van der Waals surface area contributed by atoms with Gasteiger partial charge >= 0.3 is 0 Å². The first-order valence-electron chi connectivity index (χ1n) is 6.22. The van der Waals surface area contributed by atoms with Crippen molar-refractivity contribution in [3.8, 4) is 0 Å².